The van der Waals surface area contributed by atoms with E-state index in [1.54, 1.807) is 0 Å². The number of rotatable bonds is 4. The van der Waals surface area contributed by atoms with Gasteiger partial charge in [0.1, 0.15) is 0 Å². The van der Waals surface area contributed by atoms with Crippen molar-refractivity contribution in [2.24, 2.45) is 0 Å². The maximum Gasteiger partial charge on any atom is 0.233 e. The molecule has 0 aliphatic carbocycles. The van der Waals surface area contributed by atoms with E-state index in [0.717, 1.165) is 18.5 Å². The van der Waals surface area contributed by atoms with Crippen molar-refractivity contribution in [2.45, 2.75) is 44.3 Å². The summed E-state index contributed by atoms with van der Waals surface area (Å²) in [5.41, 5.74) is 4.80. The Labute approximate surface area is 181 Å². The molecule has 0 unspecified atom stereocenters. The number of carbonyl (C=O) groups is 1. The lowest BCUT2D eigenvalue weighted by Gasteiger charge is -2.28. The summed E-state index contributed by atoms with van der Waals surface area (Å²) in [6.45, 7) is 7.95. The van der Waals surface area contributed by atoms with E-state index >= 15 is 0 Å². The van der Waals surface area contributed by atoms with Gasteiger partial charge in [-0.25, -0.2) is 4.68 Å². The van der Waals surface area contributed by atoms with Gasteiger partial charge in [0, 0.05) is 18.7 Å². The smallest absolute Gasteiger partial charge is 0.233 e. The van der Waals surface area contributed by atoms with Gasteiger partial charge >= 0.3 is 0 Å². The molecular weight excluding hydrogens is 394 g/mol. The van der Waals surface area contributed by atoms with Crippen LogP contribution in [-0.2, 0) is 23.2 Å². The van der Waals surface area contributed by atoms with Gasteiger partial charge in [-0.15, -0.1) is 10.2 Å². The number of nitrogens with zero attached hydrogens (tertiary/aromatic N) is 4. The molecule has 156 valence electrons. The molecule has 2 heterocycles. The van der Waals surface area contributed by atoms with Crippen LogP contribution in [0.3, 0.4) is 0 Å². The first kappa shape index (κ1) is 20.5. The monoisotopic (exact) mass is 421 g/mol. The largest absolute Gasteiger partial charge is 0.337 e. The van der Waals surface area contributed by atoms with Gasteiger partial charge in [-0.05, 0) is 28.5 Å². The van der Waals surface area contributed by atoms with Crippen LogP contribution in [0.4, 0.5) is 0 Å². The molecule has 0 radical (unpaired) electrons. The fourth-order valence-electron chi connectivity index (χ4n) is 3.62. The Balaban J connectivity index is 1.41. The van der Waals surface area contributed by atoms with Crippen LogP contribution in [-0.4, -0.2) is 38.0 Å². The van der Waals surface area contributed by atoms with Crippen LogP contribution in [0.2, 0.25) is 0 Å². The number of thioether (sulfide) groups is 1. The molecule has 2 aromatic carbocycles. The standard InChI is InChI=1S/C23H27N5OS/c1-23(2,3)19-10-8-17(9-11-19)21-25-26-22(28(21)24)30-15-20(29)27-13-12-16-6-4-5-7-18(16)14-27/h4-11H,12-15,24H2,1-3H3. The summed E-state index contributed by atoms with van der Waals surface area (Å²) < 4.78 is 1.47. The Bertz CT molecular complexity index is 1050. The van der Waals surface area contributed by atoms with Gasteiger partial charge in [-0.3, -0.25) is 4.79 Å². The first-order valence-electron chi connectivity index (χ1n) is 10.1. The van der Waals surface area contributed by atoms with Crippen molar-refractivity contribution < 1.29 is 4.79 Å². The normalized spacial score (nSPS) is 13.9. The molecule has 2 N–H and O–H groups in total. The van der Waals surface area contributed by atoms with E-state index in [0.29, 0.717) is 23.3 Å². The molecule has 1 aliphatic heterocycles. The zero-order valence-corrected chi connectivity index (χ0v) is 18.4. The van der Waals surface area contributed by atoms with Gasteiger partial charge in [-0.2, -0.15) is 0 Å². The highest BCUT2D eigenvalue weighted by Gasteiger charge is 2.22. The Morgan fingerprint density at radius 3 is 2.47 bits per heavy atom. The molecule has 0 fully saturated rings. The number of fused-ring (bicyclic) bond motifs is 1. The Kier molecular flexibility index (Phi) is 5.56. The molecule has 30 heavy (non-hydrogen) atoms. The van der Waals surface area contributed by atoms with E-state index in [2.05, 4.69) is 61.3 Å². The van der Waals surface area contributed by atoms with Crippen molar-refractivity contribution >= 4 is 17.7 Å². The fraction of sp³-hybridized carbons (Fsp3) is 0.348. The van der Waals surface area contributed by atoms with E-state index < -0.39 is 0 Å². The molecule has 3 aromatic rings. The first-order valence-corrected chi connectivity index (χ1v) is 11.1. The van der Waals surface area contributed by atoms with Gasteiger partial charge in [0.25, 0.3) is 0 Å². The number of amides is 1. The lowest BCUT2D eigenvalue weighted by Crippen LogP contribution is -2.37. The zero-order chi connectivity index (χ0) is 21.3. The summed E-state index contributed by atoms with van der Waals surface area (Å²) in [6, 6.07) is 16.5. The summed E-state index contributed by atoms with van der Waals surface area (Å²) in [7, 11) is 0. The van der Waals surface area contributed by atoms with Gasteiger partial charge in [0.15, 0.2) is 5.82 Å². The lowest BCUT2D eigenvalue weighted by molar-refractivity contribution is -0.129. The molecule has 0 saturated carbocycles. The summed E-state index contributed by atoms with van der Waals surface area (Å²) in [4.78, 5) is 14.6. The number of hydrogen-bond acceptors (Lipinski definition) is 5. The zero-order valence-electron chi connectivity index (χ0n) is 17.6. The van der Waals surface area contributed by atoms with E-state index in [1.165, 1.54) is 33.1 Å². The number of nitrogen functional groups attached to an aromatic ring is 1. The number of hydrogen-bond donors (Lipinski definition) is 1. The van der Waals surface area contributed by atoms with Gasteiger partial charge < -0.3 is 10.7 Å². The summed E-state index contributed by atoms with van der Waals surface area (Å²) in [6.07, 6.45) is 0.897. The van der Waals surface area contributed by atoms with E-state index in [-0.39, 0.29) is 11.3 Å². The van der Waals surface area contributed by atoms with Crippen molar-refractivity contribution in [2.75, 3.05) is 18.1 Å². The minimum Gasteiger partial charge on any atom is -0.337 e. The number of benzene rings is 2. The van der Waals surface area contributed by atoms with Crippen LogP contribution in [0.25, 0.3) is 11.4 Å². The molecule has 0 spiro atoms. The van der Waals surface area contributed by atoms with Crippen LogP contribution < -0.4 is 5.84 Å². The minimum atomic E-state index is 0.0885. The van der Waals surface area contributed by atoms with Gasteiger partial charge in [0.2, 0.25) is 11.1 Å². The maximum atomic E-state index is 12.7. The minimum absolute atomic E-state index is 0.0885. The second kappa shape index (κ2) is 8.14. The third-order valence-electron chi connectivity index (χ3n) is 5.48. The van der Waals surface area contributed by atoms with E-state index in [4.69, 9.17) is 5.84 Å². The van der Waals surface area contributed by atoms with E-state index in [9.17, 15) is 4.79 Å². The molecular formula is C23H27N5OS. The lowest BCUT2D eigenvalue weighted by atomic mass is 9.87. The molecule has 1 aromatic heterocycles. The Morgan fingerprint density at radius 2 is 1.77 bits per heavy atom. The predicted octanol–water partition coefficient (Wildman–Crippen LogP) is 3.63. The topological polar surface area (TPSA) is 77.0 Å². The average molecular weight is 422 g/mol. The highest BCUT2D eigenvalue weighted by atomic mass is 32.2. The molecule has 0 atom stereocenters. The summed E-state index contributed by atoms with van der Waals surface area (Å²) in [5.74, 6) is 7.21. The highest BCUT2D eigenvalue weighted by Crippen LogP contribution is 2.27. The molecule has 0 saturated heterocycles. The Morgan fingerprint density at radius 1 is 1.07 bits per heavy atom. The maximum absolute atomic E-state index is 12.7. The average Bonchev–Trinajstić information content (AvgIpc) is 3.11. The SMILES string of the molecule is CC(C)(C)c1ccc(-c2nnc(SCC(=O)N3CCc4ccccc4C3)n2N)cc1. The van der Waals surface area contributed by atoms with Crippen LogP contribution in [0.5, 0.6) is 0 Å². The number of carbonyl (C=O) groups excluding carboxylic acids is 1. The van der Waals surface area contributed by atoms with Crippen LogP contribution in [0.1, 0.15) is 37.5 Å². The highest BCUT2D eigenvalue weighted by molar-refractivity contribution is 7.99. The molecule has 0 bridgehead atoms. The fourth-order valence-corrected chi connectivity index (χ4v) is 4.38. The quantitative estimate of drug-likeness (QED) is 0.514. The third kappa shape index (κ3) is 4.21. The second-order valence-electron chi connectivity index (χ2n) is 8.63. The van der Waals surface area contributed by atoms with Crippen molar-refractivity contribution in [3.8, 4) is 11.4 Å². The van der Waals surface area contributed by atoms with Crippen LogP contribution in [0, 0.1) is 0 Å². The number of nitrogens with two attached hydrogens (primary N) is 1. The second-order valence-corrected chi connectivity index (χ2v) is 9.57. The summed E-state index contributed by atoms with van der Waals surface area (Å²) in [5, 5.41) is 8.97. The number of aromatic nitrogens is 3. The third-order valence-corrected chi connectivity index (χ3v) is 6.41. The van der Waals surface area contributed by atoms with E-state index in [1.807, 2.05) is 23.1 Å². The molecule has 1 aliphatic rings. The predicted molar refractivity (Wildman–Crippen MR) is 121 cm³/mol. The first-order chi connectivity index (χ1) is 14.3. The van der Waals surface area contributed by atoms with Gasteiger partial charge in [0.05, 0.1) is 5.75 Å². The van der Waals surface area contributed by atoms with Crippen molar-refractivity contribution in [1.82, 2.24) is 19.8 Å². The van der Waals surface area contributed by atoms with Crippen molar-refractivity contribution in [1.29, 1.82) is 0 Å². The molecule has 4 rings (SSSR count). The van der Waals surface area contributed by atoms with Crippen LogP contribution in [0.15, 0.2) is 53.7 Å². The van der Waals surface area contributed by atoms with Gasteiger partial charge in [-0.1, -0.05) is 81.1 Å². The molecule has 7 heteroatoms. The van der Waals surface area contributed by atoms with Crippen molar-refractivity contribution in [3.63, 3.8) is 0 Å². The van der Waals surface area contributed by atoms with Crippen LogP contribution >= 0.6 is 11.8 Å². The summed E-state index contributed by atoms with van der Waals surface area (Å²) >= 11 is 1.33. The van der Waals surface area contributed by atoms with Crippen molar-refractivity contribution in [3.05, 3.63) is 65.2 Å². The molecule has 6 nitrogen and oxygen atoms in total. The molecule has 1 amide bonds. The Hall–Kier alpha value is -2.80.